The molecule has 7 nitrogen and oxygen atoms in total. The summed E-state index contributed by atoms with van der Waals surface area (Å²) in [7, 11) is 4.04. The van der Waals surface area contributed by atoms with E-state index in [-0.39, 0.29) is 9.86 Å². The van der Waals surface area contributed by atoms with Gasteiger partial charge in [-0.15, -0.1) is 0 Å². The van der Waals surface area contributed by atoms with E-state index < -0.39 is 29.8 Å². The first-order valence-electron chi connectivity index (χ1n) is 7.19. The van der Waals surface area contributed by atoms with E-state index in [2.05, 4.69) is 0 Å². The summed E-state index contributed by atoms with van der Waals surface area (Å²) >= 11 is 1.07. The van der Waals surface area contributed by atoms with Crippen LogP contribution in [0.4, 0.5) is 0 Å². The van der Waals surface area contributed by atoms with Gasteiger partial charge in [-0.2, -0.15) is 0 Å². The minimum atomic E-state index is -1.39. The minimum Gasteiger partial charge on any atom is -0.467 e. The molecule has 0 amide bonds. The Bertz CT molecular complexity index is 461. The van der Waals surface area contributed by atoms with Gasteiger partial charge in [0.2, 0.25) is 16.7 Å². The quantitative estimate of drug-likeness (QED) is 0.709. The zero-order chi connectivity index (χ0) is 18.1. The standard InChI is InChI=1S/C15H26O7S/c1-13(2,3)23-12(17)10-9(11(16)18-6)21-14(4,19-7)15(5,20-8)22-10/h9-10H,1-8H3/t9-,10+,14-,15-/m1/s1. The van der Waals surface area contributed by atoms with Crippen molar-refractivity contribution in [3.63, 3.8) is 0 Å². The topological polar surface area (TPSA) is 80.3 Å². The van der Waals surface area contributed by atoms with Crippen molar-refractivity contribution in [1.82, 2.24) is 0 Å². The second-order valence-electron chi connectivity index (χ2n) is 6.43. The summed E-state index contributed by atoms with van der Waals surface area (Å²) in [6, 6.07) is 0. The molecule has 0 N–H and O–H groups in total. The van der Waals surface area contributed by atoms with E-state index in [1.165, 1.54) is 21.3 Å². The average Bonchev–Trinajstić information content (AvgIpc) is 2.46. The normalized spacial score (nSPS) is 35.0. The fourth-order valence-electron chi connectivity index (χ4n) is 2.11. The van der Waals surface area contributed by atoms with Crippen LogP contribution in [-0.2, 0) is 33.3 Å². The van der Waals surface area contributed by atoms with Crippen molar-refractivity contribution in [2.75, 3.05) is 21.3 Å². The molecule has 0 spiro atoms. The highest BCUT2D eigenvalue weighted by molar-refractivity contribution is 8.14. The van der Waals surface area contributed by atoms with Crippen LogP contribution in [0.25, 0.3) is 0 Å². The Kier molecular flexibility index (Phi) is 6.26. The Balaban J connectivity index is 3.20. The van der Waals surface area contributed by atoms with Crippen LogP contribution < -0.4 is 0 Å². The SMILES string of the molecule is COC(=O)[C@@H]1O[C@@](C)(OC)[C@](C)(OC)O[C@@H]1C(=O)SC(C)(C)C. The van der Waals surface area contributed by atoms with Gasteiger partial charge >= 0.3 is 5.97 Å². The summed E-state index contributed by atoms with van der Waals surface area (Å²) in [5.74, 6) is -3.46. The summed E-state index contributed by atoms with van der Waals surface area (Å²) in [6.07, 6.45) is -2.41. The third-order valence-electron chi connectivity index (χ3n) is 3.66. The van der Waals surface area contributed by atoms with Gasteiger partial charge in [-0.05, 0) is 13.8 Å². The average molecular weight is 350 g/mol. The van der Waals surface area contributed by atoms with Gasteiger partial charge in [0.1, 0.15) is 0 Å². The number of methoxy groups -OCH3 is 3. The maximum atomic E-state index is 12.6. The van der Waals surface area contributed by atoms with Crippen LogP contribution in [-0.4, -0.2) is 60.9 Å². The number of thioether (sulfide) groups is 1. The number of hydrogen-bond donors (Lipinski definition) is 0. The lowest BCUT2D eigenvalue weighted by molar-refractivity contribution is -0.437. The highest BCUT2D eigenvalue weighted by Gasteiger charge is 2.60. The van der Waals surface area contributed by atoms with Crippen LogP contribution in [0.1, 0.15) is 34.6 Å². The van der Waals surface area contributed by atoms with E-state index >= 15 is 0 Å². The van der Waals surface area contributed by atoms with Crippen molar-refractivity contribution in [1.29, 1.82) is 0 Å². The predicted octanol–water partition coefficient (Wildman–Crippen LogP) is 1.73. The molecule has 8 heteroatoms. The van der Waals surface area contributed by atoms with Gasteiger partial charge in [0.05, 0.1) is 7.11 Å². The van der Waals surface area contributed by atoms with Crippen LogP contribution in [0, 0.1) is 0 Å². The summed E-state index contributed by atoms with van der Waals surface area (Å²) in [5.41, 5.74) is 0. The van der Waals surface area contributed by atoms with Gasteiger partial charge < -0.3 is 23.7 Å². The minimum absolute atomic E-state index is 0.339. The maximum Gasteiger partial charge on any atom is 0.338 e. The molecule has 0 unspecified atom stereocenters. The predicted molar refractivity (Wildman–Crippen MR) is 84.9 cm³/mol. The molecular formula is C15H26O7S. The van der Waals surface area contributed by atoms with Crippen molar-refractivity contribution in [3.8, 4) is 0 Å². The van der Waals surface area contributed by atoms with Crippen LogP contribution in [0.2, 0.25) is 0 Å². The van der Waals surface area contributed by atoms with Crippen molar-refractivity contribution < 1.29 is 33.3 Å². The molecule has 1 rings (SSSR count). The molecule has 134 valence electrons. The maximum absolute atomic E-state index is 12.6. The molecule has 0 radical (unpaired) electrons. The van der Waals surface area contributed by atoms with Crippen molar-refractivity contribution in [2.45, 2.75) is 63.1 Å². The molecule has 1 aliphatic rings. The van der Waals surface area contributed by atoms with Crippen molar-refractivity contribution >= 4 is 22.8 Å². The van der Waals surface area contributed by atoms with Gasteiger partial charge in [-0.25, -0.2) is 4.79 Å². The number of rotatable bonds is 4. The third-order valence-corrected chi connectivity index (χ3v) is 4.70. The first kappa shape index (κ1) is 20.4. The van der Waals surface area contributed by atoms with Crippen LogP contribution in [0.15, 0.2) is 0 Å². The van der Waals surface area contributed by atoms with Crippen LogP contribution in [0.3, 0.4) is 0 Å². The number of carbonyl (C=O) groups excluding carboxylic acids is 2. The van der Waals surface area contributed by atoms with Crippen molar-refractivity contribution in [3.05, 3.63) is 0 Å². The smallest absolute Gasteiger partial charge is 0.338 e. The van der Waals surface area contributed by atoms with Crippen LogP contribution >= 0.6 is 11.8 Å². The van der Waals surface area contributed by atoms with Gasteiger partial charge in [0.15, 0.2) is 12.2 Å². The molecule has 0 aromatic rings. The summed E-state index contributed by atoms with van der Waals surface area (Å²) in [5, 5.41) is -0.339. The van der Waals surface area contributed by atoms with E-state index in [9.17, 15) is 9.59 Å². The van der Waals surface area contributed by atoms with Gasteiger partial charge in [-0.3, -0.25) is 4.79 Å². The molecule has 1 saturated heterocycles. The monoisotopic (exact) mass is 350 g/mol. The number of hydrogen-bond acceptors (Lipinski definition) is 8. The summed E-state index contributed by atoms with van der Waals surface area (Å²) < 4.78 is 26.7. The molecule has 1 heterocycles. The van der Waals surface area contributed by atoms with E-state index in [1.54, 1.807) is 13.8 Å². The zero-order valence-electron chi connectivity index (χ0n) is 14.9. The number of carbonyl (C=O) groups is 2. The Morgan fingerprint density at radius 2 is 1.39 bits per heavy atom. The molecule has 0 aromatic carbocycles. The highest BCUT2D eigenvalue weighted by atomic mass is 32.2. The third kappa shape index (κ3) is 4.24. The molecule has 0 aromatic heterocycles. The Hall–Kier alpha value is -0.670. The molecule has 0 bridgehead atoms. The van der Waals surface area contributed by atoms with E-state index in [0.29, 0.717) is 0 Å². The van der Waals surface area contributed by atoms with E-state index in [0.717, 1.165) is 11.8 Å². The Morgan fingerprint density at radius 1 is 0.957 bits per heavy atom. The van der Waals surface area contributed by atoms with E-state index in [1.807, 2.05) is 20.8 Å². The molecule has 4 atom stereocenters. The molecular weight excluding hydrogens is 324 g/mol. The lowest BCUT2D eigenvalue weighted by Crippen LogP contribution is -2.67. The zero-order valence-corrected chi connectivity index (χ0v) is 15.7. The fraction of sp³-hybridized carbons (Fsp3) is 0.867. The van der Waals surface area contributed by atoms with Gasteiger partial charge in [-0.1, -0.05) is 32.5 Å². The molecule has 0 saturated carbocycles. The van der Waals surface area contributed by atoms with Gasteiger partial charge in [0, 0.05) is 19.0 Å². The Morgan fingerprint density at radius 3 is 1.74 bits per heavy atom. The molecule has 1 aliphatic heterocycles. The number of ether oxygens (including phenoxy) is 5. The second kappa shape index (κ2) is 7.06. The summed E-state index contributed by atoms with van der Waals surface area (Å²) in [6.45, 7) is 8.83. The highest BCUT2D eigenvalue weighted by Crippen LogP contribution is 2.41. The largest absolute Gasteiger partial charge is 0.467 e. The fourth-order valence-corrected chi connectivity index (χ4v) is 3.00. The summed E-state index contributed by atoms with van der Waals surface area (Å²) in [4.78, 5) is 24.7. The molecule has 0 aliphatic carbocycles. The molecule has 1 fully saturated rings. The first-order valence-corrected chi connectivity index (χ1v) is 8.01. The second-order valence-corrected chi connectivity index (χ2v) is 8.26. The lowest BCUT2D eigenvalue weighted by Gasteiger charge is -2.50. The Labute approximate surface area is 141 Å². The van der Waals surface area contributed by atoms with Crippen LogP contribution in [0.5, 0.6) is 0 Å². The first-order chi connectivity index (χ1) is 10.4. The molecule has 23 heavy (non-hydrogen) atoms. The van der Waals surface area contributed by atoms with Crippen molar-refractivity contribution in [2.24, 2.45) is 0 Å². The number of esters is 1. The van der Waals surface area contributed by atoms with E-state index in [4.69, 9.17) is 23.7 Å². The van der Waals surface area contributed by atoms with Gasteiger partial charge in [0.25, 0.3) is 0 Å². The lowest BCUT2D eigenvalue weighted by atomic mass is 10.0.